The van der Waals surface area contributed by atoms with Crippen LogP contribution in [0.4, 0.5) is 4.39 Å². The number of hydrogen-bond donors (Lipinski definition) is 2. The molecule has 120 valence electrons. The zero-order valence-electron chi connectivity index (χ0n) is 12.0. The molecule has 1 fully saturated rings. The van der Waals surface area contributed by atoms with Gasteiger partial charge < -0.3 is 4.42 Å². The van der Waals surface area contributed by atoms with Crippen LogP contribution in [0, 0.1) is 5.82 Å². The van der Waals surface area contributed by atoms with Crippen LogP contribution in [0.1, 0.15) is 5.56 Å². The predicted molar refractivity (Wildman–Crippen MR) is 88.4 cm³/mol. The Morgan fingerprint density at radius 1 is 1.12 bits per heavy atom. The molecule has 3 rings (SSSR count). The second kappa shape index (κ2) is 6.17. The molecule has 24 heavy (non-hydrogen) atoms. The van der Waals surface area contributed by atoms with Crippen molar-refractivity contribution in [2.75, 3.05) is 0 Å². The third-order valence-electron chi connectivity index (χ3n) is 3.24. The zero-order valence-corrected chi connectivity index (χ0v) is 12.8. The maximum absolute atomic E-state index is 13.3. The summed E-state index contributed by atoms with van der Waals surface area (Å²) in [4.78, 5) is 35.6. The summed E-state index contributed by atoms with van der Waals surface area (Å²) in [6, 6.07) is 3.64. The summed E-state index contributed by atoms with van der Waals surface area (Å²) >= 11 is 4.68. The molecule has 2 heterocycles. The van der Waals surface area contributed by atoms with Gasteiger partial charge in [0.1, 0.15) is 23.2 Å². The number of benzene rings is 1. The number of fused-ring (bicyclic) bond motifs is 1. The Balaban J connectivity index is 1.94. The van der Waals surface area contributed by atoms with Crippen LogP contribution < -0.4 is 16.1 Å². The Hall–Kier alpha value is -3.13. The summed E-state index contributed by atoms with van der Waals surface area (Å²) in [6.07, 6.45) is 5.16. The average molecular weight is 344 g/mol. The Bertz CT molecular complexity index is 985. The van der Waals surface area contributed by atoms with Crippen LogP contribution in [0.25, 0.3) is 17.0 Å². The zero-order chi connectivity index (χ0) is 17.3. The summed E-state index contributed by atoms with van der Waals surface area (Å²) in [7, 11) is 0. The predicted octanol–water partition coefficient (Wildman–Crippen LogP) is 1.40. The van der Waals surface area contributed by atoms with Gasteiger partial charge in [0.2, 0.25) is 0 Å². The van der Waals surface area contributed by atoms with Gasteiger partial charge in [0, 0.05) is 0 Å². The van der Waals surface area contributed by atoms with Gasteiger partial charge in [0.25, 0.3) is 11.8 Å². The molecule has 0 radical (unpaired) electrons. The van der Waals surface area contributed by atoms with Crippen LogP contribution in [0.15, 0.2) is 51.4 Å². The van der Waals surface area contributed by atoms with Gasteiger partial charge >= 0.3 is 0 Å². The molecule has 2 aromatic rings. The Labute approximate surface area is 139 Å². The standard InChI is InChI=1S/C16H9FN2O4S/c17-9-4-5-12-11(6-9)13(20)8(7-23-12)2-1-3-10-14(21)18-16(24)19-15(10)22/h1-7H,(H2,18,19,21,22,24). The number of thiocarbonyl (C=S) groups is 1. The third kappa shape index (κ3) is 2.99. The van der Waals surface area contributed by atoms with Crippen molar-refractivity contribution >= 4 is 46.2 Å². The largest absolute Gasteiger partial charge is 0.463 e. The van der Waals surface area contributed by atoms with Crippen LogP contribution >= 0.6 is 12.2 Å². The SMILES string of the molecule is O=C1NC(=S)NC(=O)C1=CC=Cc1coc2ccc(F)cc2c1=O. The average Bonchev–Trinajstić information content (AvgIpc) is 2.52. The van der Waals surface area contributed by atoms with Crippen molar-refractivity contribution in [2.24, 2.45) is 0 Å². The van der Waals surface area contributed by atoms with Gasteiger partial charge in [0.05, 0.1) is 10.9 Å². The summed E-state index contributed by atoms with van der Waals surface area (Å²) in [5, 5.41) is 4.61. The van der Waals surface area contributed by atoms with E-state index in [0.717, 1.165) is 6.07 Å². The fourth-order valence-electron chi connectivity index (χ4n) is 2.11. The van der Waals surface area contributed by atoms with Crippen LogP contribution in [-0.4, -0.2) is 16.9 Å². The van der Waals surface area contributed by atoms with E-state index in [1.807, 2.05) is 0 Å². The fourth-order valence-corrected chi connectivity index (χ4v) is 2.29. The molecular weight excluding hydrogens is 335 g/mol. The van der Waals surface area contributed by atoms with Crippen molar-refractivity contribution in [2.45, 2.75) is 0 Å². The van der Waals surface area contributed by atoms with Crippen molar-refractivity contribution in [3.8, 4) is 0 Å². The molecule has 1 aromatic heterocycles. The van der Waals surface area contributed by atoms with Crippen molar-refractivity contribution in [1.82, 2.24) is 10.6 Å². The third-order valence-corrected chi connectivity index (χ3v) is 3.45. The first-order chi connectivity index (χ1) is 11.5. The molecule has 6 nitrogen and oxygen atoms in total. The minimum atomic E-state index is -0.638. The second-order valence-corrected chi connectivity index (χ2v) is 5.25. The van der Waals surface area contributed by atoms with Gasteiger partial charge in [-0.25, -0.2) is 4.39 Å². The molecule has 0 bridgehead atoms. The van der Waals surface area contributed by atoms with Crippen molar-refractivity contribution in [3.63, 3.8) is 0 Å². The molecule has 2 N–H and O–H groups in total. The number of hydrogen-bond acceptors (Lipinski definition) is 5. The van der Waals surface area contributed by atoms with Gasteiger partial charge in [-0.05, 0) is 42.6 Å². The molecule has 2 amide bonds. The van der Waals surface area contributed by atoms with Crippen LogP contribution in [0.2, 0.25) is 0 Å². The van der Waals surface area contributed by atoms with E-state index in [-0.39, 0.29) is 27.2 Å². The highest BCUT2D eigenvalue weighted by atomic mass is 32.1. The van der Waals surface area contributed by atoms with Crippen molar-refractivity contribution < 1.29 is 18.4 Å². The molecule has 0 unspecified atom stereocenters. The summed E-state index contributed by atoms with van der Waals surface area (Å²) in [5.41, 5.74) is -0.172. The lowest BCUT2D eigenvalue weighted by atomic mass is 10.1. The number of carbonyl (C=O) groups is 2. The Morgan fingerprint density at radius 3 is 2.54 bits per heavy atom. The van der Waals surface area contributed by atoms with E-state index in [1.165, 1.54) is 36.6 Å². The molecule has 1 saturated heterocycles. The van der Waals surface area contributed by atoms with E-state index < -0.39 is 23.1 Å². The minimum absolute atomic E-state index is 0.0664. The molecular formula is C16H9FN2O4S. The first kappa shape index (κ1) is 15.8. The lowest BCUT2D eigenvalue weighted by Crippen LogP contribution is -2.51. The highest BCUT2D eigenvalue weighted by Crippen LogP contribution is 2.13. The van der Waals surface area contributed by atoms with Crippen LogP contribution in [0.3, 0.4) is 0 Å². The number of rotatable bonds is 2. The smallest absolute Gasteiger partial charge is 0.263 e. The lowest BCUT2D eigenvalue weighted by Gasteiger charge is -2.15. The highest BCUT2D eigenvalue weighted by Gasteiger charge is 2.24. The first-order valence-electron chi connectivity index (χ1n) is 6.72. The molecule has 0 saturated carbocycles. The summed E-state index contributed by atoms with van der Waals surface area (Å²) < 4.78 is 18.5. The van der Waals surface area contributed by atoms with Gasteiger partial charge in [-0.1, -0.05) is 6.08 Å². The number of carbonyl (C=O) groups excluding carboxylic acids is 2. The van der Waals surface area contributed by atoms with Crippen LogP contribution in [-0.2, 0) is 9.59 Å². The minimum Gasteiger partial charge on any atom is -0.463 e. The lowest BCUT2D eigenvalue weighted by molar-refractivity contribution is -0.123. The maximum atomic E-state index is 13.3. The molecule has 0 spiro atoms. The molecule has 8 heteroatoms. The van der Waals surface area contributed by atoms with E-state index in [4.69, 9.17) is 4.42 Å². The van der Waals surface area contributed by atoms with Gasteiger partial charge in [-0.3, -0.25) is 25.0 Å². The Morgan fingerprint density at radius 2 is 1.83 bits per heavy atom. The van der Waals surface area contributed by atoms with Gasteiger partial charge in [-0.15, -0.1) is 0 Å². The quantitative estimate of drug-likeness (QED) is 0.488. The summed E-state index contributed by atoms with van der Waals surface area (Å²) in [5.74, 6) is -1.83. The number of amides is 2. The molecule has 1 aromatic carbocycles. The van der Waals surface area contributed by atoms with E-state index in [9.17, 15) is 18.8 Å². The van der Waals surface area contributed by atoms with E-state index in [1.54, 1.807) is 0 Å². The molecule has 0 atom stereocenters. The fraction of sp³-hybridized carbons (Fsp3) is 0. The van der Waals surface area contributed by atoms with Crippen molar-refractivity contribution in [3.05, 3.63) is 63.8 Å². The number of allylic oxidation sites excluding steroid dienone is 2. The van der Waals surface area contributed by atoms with Gasteiger partial charge in [-0.2, -0.15) is 0 Å². The second-order valence-electron chi connectivity index (χ2n) is 4.84. The molecule has 0 aliphatic carbocycles. The highest BCUT2D eigenvalue weighted by molar-refractivity contribution is 7.80. The van der Waals surface area contributed by atoms with E-state index >= 15 is 0 Å². The van der Waals surface area contributed by atoms with E-state index in [0.29, 0.717) is 0 Å². The van der Waals surface area contributed by atoms with Crippen molar-refractivity contribution in [1.29, 1.82) is 0 Å². The molecule has 1 aliphatic heterocycles. The normalized spacial score (nSPS) is 14.9. The summed E-state index contributed by atoms with van der Waals surface area (Å²) in [6.45, 7) is 0. The van der Waals surface area contributed by atoms with Gasteiger partial charge in [0.15, 0.2) is 10.5 Å². The van der Waals surface area contributed by atoms with E-state index in [2.05, 4.69) is 22.9 Å². The Kier molecular flexibility index (Phi) is 4.05. The number of halogens is 1. The topological polar surface area (TPSA) is 88.4 Å². The maximum Gasteiger partial charge on any atom is 0.263 e. The van der Waals surface area contributed by atoms with Crippen LogP contribution in [0.5, 0.6) is 0 Å². The first-order valence-corrected chi connectivity index (χ1v) is 7.12. The number of nitrogens with one attached hydrogen (secondary N) is 2. The monoisotopic (exact) mass is 344 g/mol. The molecule has 1 aliphatic rings.